The highest BCUT2D eigenvalue weighted by atomic mass is 16.5. The van der Waals surface area contributed by atoms with E-state index >= 15 is 0 Å². The van der Waals surface area contributed by atoms with Crippen LogP contribution >= 0.6 is 0 Å². The quantitative estimate of drug-likeness (QED) is 0.707. The van der Waals surface area contributed by atoms with Gasteiger partial charge in [0.1, 0.15) is 6.04 Å². The maximum Gasteiger partial charge on any atom is 0.325 e. The van der Waals surface area contributed by atoms with E-state index in [1.165, 1.54) is 32.1 Å². The predicted molar refractivity (Wildman–Crippen MR) is 69.4 cm³/mol. The molecular formula is C14H25NO3. The SMILES string of the molecule is CCOC(=O)C(COC1CCCCC1)NC1CC1. The Morgan fingerprint density at radius 3 is 2.56 bits per heavy atom. The average molecular weight is 255 g/mol. The molecular weight excluding hydrogens is 230 g/mol. The fourth-order valence-corrected chi connectivity index (χ4v) is 2.43. The monoisotopic (exact) mass is 255 g/mol. The number of carbonyl (C=O) groups excluding carboxylic acids is 1. The Morgan fingerprint density at radius 1 is 1.22 bits per heavy atom. The zero-order valence-electron chi connectivity index (χ0n) is 11.3. The van der Waals surface area contributed by atoms with Gasteiger partial charge in [0.25, 0.3) is 0 Å². The van der Waals surface area contributed by atoms with Crippen molar-refractivity contribution in [3.63, 3.8) is 0 Å². The van der Waals surface area contributed by atoms with Crippen molar-refractivity contribution in [1.29, 1.82) is 0 Å². The number of ether oxygens (including phenoxy) is 2. The highest BCUT2D eigenvalue weighted by Crippen LogP contribution is 2.22. The third kappa shape index (κ3) is 4.58. The molecule has 1 unspecified atom stereocenters. The van der Waals surface area contributed by atoms with Gasteiger partial charge in [-0.3, -0.25) is 10.1 Å². The number of carbonyl (C=O) groups is 1. The van der Waals surface area contributed by atoms with Gasteiger partial charge < -0.3 is 9.47 Å². The highest BCUT2D eigenvalue weighted by Gasteiger charge is 2.30. The van der Waals surface area contributed by atoms with Gasteiger partial charge in [0.15, 0.2) is 0 Å². The summed E-state index contributed by atoms with van der Waals surface area (Å²) >= 11 is 0. The first-order valence-corrected chi connectivity index (χ1v) is 7.34. The maximum atomic E-state index is 11.8. The standard InChI is InChI=1S/C14H25NO3/c1-2-17-14(16)13(15-11-8-9-11)10-18-12-6-4-3-5-7-12/h11-13,15H,2-10H2,1H3. The van der Waals surface area contributed by atoms with Crippen LogP contribution in [0.1, 0.15) is 51.9 Å². The number of hydrogen-bond donors (Lipinski definition) is 1. The lowest BCUT2D eigenvalue weighted by atomic mass is 9.98. The molecule has 2 aliphatic carbocycles. The molecule has 0 bridgehead atoms. The predicted octanol–water partition coefficient (Wildman–Crippen LogP) is 2.02. The van der Waals surface area contributed by atoms with Gasteiger partial charge in [-0.1, -0.05) is 19.3 Å². The van der Waals surface area contributed by atoms with Gasteiger partial charge in [0, 0.05) is 6.04 Å². The lowest BCUT2D eigenvalue weighted by Crippen LogP contribution is -2.44. The van der Waals surface area contributed by atoms with Crippen LogP contribution < -0.4 is 5.32 Å². The molecule has 0 aromatic carbocycles. The molecule has 4 nitrogen and oxygen atoms in total. The Kier molecular flexibility index (Phi) is 5.45. The smallest absolute Gasteiger partial charge is 0.325 e. The molecule has 2 saturated carbocycles. The summed E-state index contributed by atoms with van der Waals surface area (Å²) in [5.74, 6) is -0.166. The van der Waals surface area contributed by atoms with E-state index in [0.29, 0.717) is 25.4 Å². The Morgan fingerprint density at radius 2 is 1.94 bits per heavy atom. The van der Waals surface area contributed by atoms with Crippen LogP contribution in [0.25, 0.3) is 0 Å². The molecule has 0 radical (unpaired) electrons. The van der Waals surface area contributed by atoms with Crippen LogP contribution in [-0.2, 0) is 14.3 Å². The number of rotatable bonds is 7. The lowest BCUT2D eigenvalue weighted by Gasteiger charge is -2.24. The van der Waals surface area contributed by atoms with Crippen molar-refractivity contribution in [2.45, 2.75) is 70.1 Å². The van der Waals surface area contributed by atoms with E-state index in [9.17, 15) is 4.79 Å². The Bertz CT molecular complexity index is 260. The zero-order valence-corrected chi connectivity index (χ0v) is 11.3. The van der Waals surface area contributed by atoms with Gasteiger partial charge in [0.2, 0.25) is 0 Å². The van der Waals surface area contributed by atoms with Crippen LogP contribution in [0.2, 0.25) is 0 Å². The average Bonchev–Trinajstić information content (AvgIpc) is 3.20. The van der Waals surface area contributed by atoms with Crippen molar-refractivity contribution in [1.82, 2.24) is 5.32 Å². The topological polar surface area (TPSA) is 47.6 Å². The van der Waals surface area contributed by atoms with E-state index in [1.807, 2.05) is 6.92 Å². The molecule has 18 heavy (non-hydrogen) atoms. The van der Waals surface area contributed by atoms with E-state index < -0.39 is 0 Å². The minimum absolute atomic E-state index is 0.166. The summed E-state index contributed by atoms with van der Waals surface area (Å²) in [5.41, 5.74) is 0. The van der Waals surface area contributed by atoms with Crippen LogP contribution in [0, 0.1) is 0 Å². The van der Waals surface area contributed by atoms with Gasteiger partial charge in [-0.2, -0.15) is 0 Å². The fraction of sp³-hybridized carbons (Fsp3) is 0.929. The first-order valence-electron chi connectivity index (χ1n) is 7.34. The first-order chi connectivity index (χ1) is 8.79. The van der Waals surface area contributed by atoms with Crippen LogP contribution in [0.15, 0.2) is 0 Å². The molecule has 0 aliphatic heterocycles. The number of nitrogens with one attached hydrogen (secondary N) is 1. The van der Waals surface area contributed by atoms with E-state index in [4.69, 9.17) is 9.47 Å². The van der Waals surface area contributed by atoms with Crippen molar-refractivity contribution < 1.29 is 14.3 Å². The first kappa shape index (κ1) is 13.8. The minimum atomic E-state index is -0.278. The van der Waals surface area contributed by atoms with Crippen molar-refractivity contribution >= 4 is 5.97 Å². The molecule has 0 amide bonds. The van der Waals surface area contributed by atoms with Gasteiger partial charge in [0.05, 0.1) is 19.3 Å². The molecule has 0 aromatic heterocycles. The van der Waals surface area contributed by atoms with Crippen LogP contribution in [-0.4, -0.2) is 37.4 Å². The fourth-order valence-electron chi connectivity index (χ4n) is 2.43. The summed E-state index contributed by atoms with van der Waals surface area (Å²) in [5, 5.41) is 3.32. The molecule has 0 aromatic rings. The molecule has 2 aliphatic rings. The second kappa shape index (κ2) is 7.10. The minimum Gasteiger partial charge on any atom is -0.465 e. The second-order valence-corrected chi connectivity index (χ2v) is 5.34. The summed E-state index contributed by atoms with van der Waals surface area (Å²) < 4.78 is 11.0. The Hall–Kier alpha value is -0.610. The molecule has 4 heteroatoms. The molecule has 1 N–H and O–H groups in total. The summed E-state index contributed by atoms with van der Waals surface area (Å²) in [6.07, 6.45) is 8.78. The molecule has 2 fully saturated rings. The molecule has 0 heterocycles. The largest absolute Gasteiger partial charge is 0.465 e. The van der Waals surface area contributed by atoms with E-state index in [2.05, 4.69) is 5.32 Å². The normalized spacial score (nSPS) is 22.7. The van der Waals surface area contributed by atoms with Gasteiger partial charge >= 0.3 is 5.97 Å². The molecule has 104 valence electrons. The number of hydrogen-bond acceptors (Lipinski definition) is 4. The zero-order chi connectivity index (χ0) is 12.8. The highest BCUT2D eigenvalue weighted by molar-refractivity contribution is 5.76. The second-order valence-electron chi connectivity index (χ2n) is 5.34. The van der Waals surface area contributed by atoms with E-state index in [0.717, 1.165) is 12.8 Å². The van der Waals surface area contributed by atoms with Crippen LogP contribution in [0.5, 0.6) is 0 Å². The third-order valence-electron chi connectivity index (χ3n) is 3.64. The van der Waals surface area contributed by atoms with Crippen molar-refractivity contribution in [3.05, 3.63) is 0 Å². The molecule has 2 rings (SSSR count). The van der Waals surface area contributed by atoms with Crippen molar-refractivity contribution in [3.8, 4) is 0 Å². The van der Waals surface area contributed by atoms with Crippen molar-refractivity contribution in [2.24, 2.45) is 0 Å². The third-order valence-corrected chi connectivity index (χ3v) is 3.64. The maximum absolute atomic E-state index is 11.8. The Labute approximate surface area is 109 Å². The summed E-state index contributed by atoms with van der Waals surface area (Å²) in [6.45, 7) is 2.74. The van der Waals surface area contributed by atoms with Crippen molar-refractivity contribution in [2.75, 3.05) is 13.2 Å². The summed E-state index contributed by atoms with van der Waals surface area (Å²) in [7, 11) is 0. The molecule has 0 saturated heterocycles. The Balaban J connectivity index is 1.74. The summed E-state index contributed by atoms with van der Waals surface area (Å²) in [4.78, 5) is 11.8. The van der Waals surface area contributed by atoms with Gasteiger partial charge in [-0.05, 0) is 32.6 Å². The summed E-state index contributed by atoms with van der Waals surface area (Å²) in [6, 6.07) is 0.216. The van der Waals surface area contributed by atoms with Crippen LogP contribution in [0.3, 0.4) is 0 Å². The van der Waals surface area contributed by atoms with E-state index in [1.54, 1.807) is 0 Å². The number of esters is 1. The van der Waals surface area contributed by atoms with E-state index in [-0.39, 0.29) is 12.0 Å². The van der Waals surface area contributed by atoms with Gasteiger partial charge in [-0.25, -0.2) is 0 Å². The molecule has 1 atom stereocenters. The van der Waals surface area contributed by atoms with Gasteiger partial charge in [-0.15, -0.1) is 0 Å². The molecule has 0 spiro atoms. The lowest BCUT2D eigenvalue weighted by molar-refractivity contribution is -0.148. The van der Waals surface area contributed by atoms with Crippen LogP contribution in [0.4, 0.5) is 0 Å².